The van der Waals surface area contributed by atoms with Crippen LogP contribution in [0.25, 0.3) is 0 Å². The van der Waals surface area contributed by atoms with E-state index < -0.39 is 11.8 Å². The van der Waals surface area contributed by atoms with Crippen LogP contribution in [-0.2, 0) is 4.79 Å². The number of unbranched alkanes of at least 4 members (excludes halogenated alkanes) is 2. The second-order valence-corrected chi connectivity index (χ2v) is 8.19. The first-order valence-corrected chi connectivity index (χ1v) is 11.4. The van der Waals surface area contributed by atoms with Crippen LogP contribution in [-0.4, -0.2) is 29.4 Å². The molecule has 0 unspecified atom stereocenters. The van der Waals surface area contributed by atoms with Gasteiger partial charge in [-0.1, -0.05) is 19.8 Å². The van der Waals surface area contributed by atoms with Gasteiger partial charge in [0.15, 0.2) is 5.11 Å². The lowest BCUT2D eigenvalue weighted by molar-refractivity contribution is -0.117. The molecule has 0 heterocycles. The highest BCUT2D eigenvalue weighted by molar-refractivity contribution is 7.80. The lowest BCUT2D eigenvalue weighted by Crippen LogP contribution is -2.48. The third-order valence-corrected chi connectivity index (χ3v) is 5.22. The average molecular weight is 469 g/mol. The van der Waals surface area contributed by atoms with Crippen molar-refractivity contribution in [2.45, 2.75) is 39.0 Å². The molecule has 0 aromatic heterocycles. The van der Waals surface area contributed by atoms with E-state index in [0.29, 0.717) is 29.2 Å². The van der Waals surface area contributed by atoms with Crippen molar-refractivity contribution in [3.63, 3.8) is 0 Å². The first kappa shape index (κ1) is 24.2. The summed E-state index contributed by atoms with van der Waals surface area (Å²) in [5.74, 6) is -0.0284. The summed E-state index contributed by atoms with van der Waals surface area (Å²) < 4.78 is 5.63. The van der Waals surface area contributed by atoms with Crippen molar-refractivity contribution in [2.75, 3.05) is 11.9 Å². The first-order chi connectivity index (χ1) is 16.0. The Morgan fingerprint density at radius 2 is 1.55 bits per heavy atom. The van der Waals surface area contributed by atoms with Gasteiger partial charge in [0.25, 0.3) is 11.8 Å². The van der Waals surface area contributed by atoms with E-state index in [1.807, 2.05) is 0 Å². The molecule has 1 aliphatic carbocycles. The summed E-state index contributed by atoms with van der Waals surface area (Å²) in [7, 11) is 0. The molecule has 33 heavy (non-hydrogen) atoms. The Balaban J connectivity index is 1.40. The van der Waals surface area contributed by atoms with Gasteiger partial charge in [0.2, 0.25) is 5.91 Å². The predicted molar refractivity (Wildman–Crippen MR) is 130 cm³/mol. The third kappa shape index (κ3) is 7.87. The molecule has 174 valence electrons. The zero-order valence-corrected chi connectivity index (χ0v) is 19.3. The molecule has 2 aromatic rings. The van der Waals surface area contributed by atoms with Crippen LogP contribution in [0.3, 0.4) is 0 Å². The quantitative estimate of drug-likeness (QED) is 0.255. The monoisotopic (exact) mass is 468 g/mol. The van der Waals surface area contributed by atoms with Crippen LogP contribution in [0.5, 0.6) is 5.75 Å². The van der Waals surface area contributed by atoms with Crippen molar-refractivity contribution >= 4 is 40.7 Å². The molecule has 4 N–H and O–H groups in total. The van der Waals surface area contributed by atoms with Crippen molar-refractivity contribution in [3.8, 4) is 5.75 Å². The summed E-state index contributed by atoms with van der Waals surface area (Å²) in [6.45, 7) is 2.78. The number of hydrazine groups is 1. The molecule has 9 heteroatoms. The van der Waals surface area contributed by atoms with E-state index in [2.05, 4.69) is 28.4 Å². The van der Waals surface area contributed by atoms with E-state index in [-0.39, 0.29) is 16.9 Å². The maximum atomic E-state index is 12.3. The maximum Gasteiger partial charge on any atom is 0.269 e. The molecule has 3 rings (SSSR count). The largest absolute Gasteiger partial charge is 0.494 e. The molecule has 0 saturated heterocycles. The van der Waals surface area contributed by atoms with Gasteiger partial charge in [0, 0.05) is 22.7 Å². The summed E-state index contributed by atoms with van der Waals surface area (Å²) in [4.78, 5) is 36.4. The van der Waals surface area contributed by atoms with Gasteiger partial charge in [-0.25, -0.2) is 0 Å². The van der Waals surface area contributed by atoms with E-state index in [9.17, 15) is 14.4 Å². The molecule has 1 aliphatic rings. The van der Waals surface area contributed by atoms with Gasteiger partial charge in [-0.05, 0) is 80.0 Å². The normalized spacial score (nSPS) is 12.4. The van der Waals surface area contributed by atoms with Crippen molar-refractivity contribution in [3.05, 3.63) is 59.7 Å². The molecule has 0 atom stereocenters. The van der Waals surface area contributed by atoms with E-state index in [0.717, 1.165) is 32.1 Å². The third-order valence-electron chi connectivity index (χ3n) is 5.01. The number of ether oxygens (including phenoxy) is 1. The fourth-order valence-corrected chi connectivity index (χ4v) is 3.08. The molecule has 0 spiro atoms. The summed E-state index contributed by atoms with van der Waals surface area (Å²) in [5, 5.41) is 5.28. The van der Waals surface area contributed by atoms with Gasteiger partial charge in [0.1, 0.15) is 5.75 Å². The number of thiocarbonyl (C=S) groups is 1. The molecular formula is C24H28N4O4S. The van der Waals surface area contributed by atoms with Crippen LogP contribution >= 0.6 is 12.2 Å². The summed E-state index contributed by atoms with van der Waals surface area (Å²) in [5.41, 5.74) is 6.36. The Morgan fingerprint density at radius 3 is 2.18 bits per heavy atom. The van der Waals surface area contributed by atoms with Crippen molar-refractivity contribution in [2.24, 2.45) is 5.92 Å². The van der Waals surface area contributed by atoms with Crippen molar-refractivity contribution in [1.29, 1.82) is 0 Å². The SMILES string of the molecule is CCCCCOc1ccc(C(=O)NC(=S)NNC(=O)c2ccc(NC(=O)C3CC3)cc2)cc1. The molecule has 0 bridgehead atoms. The van der Waals surface area contributed by atoms with Gasteiger partial charge >= 0.3 is 0 Å². The van der Waals surface area contributed by atoms with Crippen molar-refractivity contribution in [1.82, 2.24) is 16.2 Å². The minimum Gasteiger partial charge on any atom is -0.494 e. The highest BCUT2D eigenvalue weighted by atomic mass is 32.1. The highest BCUT2D eigenvalue weighted by Gasteiger charge is 2.29. The number of benzene rings is 2. The molecular weight excluding hydrogens is 440 g/mol. The lowest BCUT2D eigenvalue weighted by atomic mass is 10.2. The second kappa shape index (κ2) is 12.0. The van der Waals surface area contributed by atoms with Gasteiger partial charge in [-0.15, -0.1) is 0 Å². The zero-order valence-electron chi connectivity index (χ0n) is 18.5. The molecule has 1 saturated carbocycles. The Labute approximate surface area is 198 Å². The first-order valence-electron chi connectivity index (χ1n) is 11.0. The Kier molecular flexibility index (Phi) is 8.77. The number of carbonyl (C=O) groups is 3. The van der Waals surface area contributed by atoms with Crippen LogP contribution in [0.4, 0.5) is 5.69 Å². The maximum absolute atomic E-state index is 12.3. The standard InChI is InChI=1S/C24H28N4O4S/c1-2-3-4-15-32-20-13-9-17(10-14-20)22(30)26-24(33)28-27-23(31)18-7-11-19(12-8-18)25-21(29)16-5-6-16/h7-14,16H,2-6,15H2,1H3,(H,25,29)(H,27,31)(H2,26,28,30,33). The van der Waals surface area contributed by atoms with Gasteiger partial charge < -0.3 is 10.1 Å². The second-order valence-electron chi connectivity index (χ2n) is 7.78. The molecule has 8 nitrogen and oxygen atoms in total. The summed E-state index contributed by atoms with van der Waals surface area (Å²) in [6.07, 6.45) is 5.08. The molecule has 2 aromatic carbocycles. The van der Waals surface area contributed by atoms with Crippen LogP contribution in [0.15, 0.2) is 48.5 Å². The summed E-state index contributed by atoms with van der Waals surface area (Å²) >= 11 is 5.08. The number of nitrogens with one attached hydrogen (secondary N) is 4. The van der Waals surface area contributed by atoms with Crippen LogP contribution in [0.2, 0.25) is 0 Å². The topological polar surface area (TPSA) is 109 Å². The number of hydrogen-bond donors (Lipinski definition) is 4. The fraction of sp³-hybridized carbons (Fsp3) is 0.333. The van der Waals surface area contributed by atoms with Gasteiger partial charge in [0.05, 0.1) is 6.61 Å². The molecule has 3 amide bonds. The Morgan fingerprint density at radius 1 is 0.909 bits per heavy atom. The van der Waals surface area contributed by atoms with E-state index in [1.54, 1.807) is 48.5 Å². The minimum absolute atomic E-state index is 0.00379. The molecule has 1 fully saturated rings. The van der Waals surface area contributed by atoms with Gasteiger partial charge in [-0.3, -0.25) is 30.6 Å². The number of anilines is 1. The van der Waals surface area contributed by atoms with Crippen molar-refractivity contribution < 1.29 is 19.1 Å². The average Bonchev–Trinajstić information content (AvgIpc) is 3.67. The van der Waals surface area contributed by atoms with E-state index >= 15 is 0 Å². The number of amides is 3. The Bertz CT molecular complexity index is 989. The smallest absolute Gasteiger partial charge is 0.269 e. The van der Waals surface area contributed by atoms with Crippen LogP contribution < -0.4 is 26.2 Å². The Hall–Kier alpha value is -3.46. The summed E-state index contributed by atoms with van der Waals surface area (Å²) in [6, 6.07) is 13.3. The number of rotatable bonds is 9. The van der Waals surface area contributed by atoms with Gasteiger partial charge in [-0.2, -0.15) is 0 Å². The minimum atomic E-state index is -0.434. The van der Waals surface area contributed by atoms with Crippen LogP contribution in [0, 0.1) is 5.92 Å². The zero-order chi connectivity index (χ0) is 23.6. The number of hydrogen-bond acceptors (Lipinski definition) is 5. The predicted octanol–water partition coefficient (Wildman–Crippen LogP) is 3.55. The number of carbonyl (C=O) groups excluding carboxylic acids is 3. The lowest BCUT2D eigenvalue weighted by Gasteiger charge is -2.12. The highest BCUT2D eigenvalue weighted by Crippen LogP contribution is 2.30. The van der Waals surface area contributed by atoms with E-state index in [4.69, 9.17) is 17.0 Å². The molecule has 0 aliphatic heterocycles. The van der Waals surface area contributed by atoms with E-state index in [1.165, 1.54) is 0 Å². The molecule has 0 radical (unpaired) electrons. The fourth-order valence-electron chi connectivity index (χ4n) is 2.93. The van der Waals surface area contributed by atoms with Crippen LogP contribution in [0.1, 0.15) is 59.7 Å².